The first-order chi connectivity index (χ1) is 11.2. The zero-order chi connectivity index (χ0) is 16.9. The standard InChI is InChI=1S/C18H16O5/c1-21-17(14-19)18(22-2)16(20)11-7-13-23-12-6-10-15-8-4-3-5-9-15/h3-5,8-9,20H,12-13H2,1-2H3/b18-16-. The number of ether oxygens (including phenoxy) is 3. The first-order valence-electron chi connectivity index (χ1n) is 6.60. The Morgan fingerprint density at radius 3 is 2.39 bits per heavy atom. The molecule has 0 radical (unpaired) electrons. The highest BCUT2D eigenvalue weighted by molar-refractivity contribution is 5.57. The molecular formula is C18H16O5. The van der Waals surface area contributed by atoms with Crippen LogP contribution in [0.5, 0.6) is 0 Å². The predicted octanol–water partition coefficient (Wildman–Crippen LogP) is 1.84. The molecule has 0 bridgehead atoms. The van der Waals surface area contributed by atoms with Gasteiger partial charge >= 0.3 is 0 Å². The summed E-state index contributed by atoms with van der Waals surface area (Å²) < 4.78 is 14.7. The van der Waals surface area contributed by atoms with Crippen LogP contribution in [0.1, 0.15) is 5.56 Å². The van der Waals surface area contributed by atoms with Gasteiger partial charge in [-0.2, -0.15) is 0 Å². The van der Waals surface area contributed by atoms with Gasteiger partial charge in [-0.25, -0.2) is 4.79 Å². The quantitative estimate of drug-likeness (QED) is 0.295. The number of hydrogen-bond donors (Lipinski definition) is 1. The summed E-state index contributed by atoms with van der Waals surface area (Å²) >= 11 is 0. The number of benzene rings is 1. The monoisotopic (exact) mass is 312 g/mol. The molecule has 0 unspecified atom stereocenters. The molecule has 0 aliphatic carbocycles. The molecule has 0 saturated carbocycles. The van der Waals surface area contributed by atoms with Crippen molar-refractivity contribution in [2.75, 3.05) is 27.4 Å². The van der Waals surface area contributed by atoms with Crippen LogP contribution in [0, 0.1) is 23.7 Å². The Kier molecular flexibility index (Phi) is 8.26. The van der Waals surface area contributed by atoms with Gasteiger partial charge in [-0.05, 0) is 18.1 Å². The van der Waals surface area contributed by atoms with Crippen molar-refractivity contribution in [1.29, 1.82) is 0 Å². The molecule has 0 aliphatic rings. The summed E-state index contributed by atoms with van der Waals surface area (Å²) in [4.78, 5) is 10.6. The van der Waals surface area contributed by atoms with E-state index in [0.717, 1.165) is 5.56 Å². The van der Waals surface area contributed by atoms with Crippen LogP contribution >= 0.6 is 0 Å². The second kappa shape index (κ2) is 10.6. The fourth-order valence-electron chi connectivity index (χ4n) is 1.47. The second-order valence-electron chi connectivity index (χ2n) is 3.98. The largest absolute Gasteiger partial charge is 0.498 e. The van der Waals surface area contributed by atoms with Crippen LogP contribution in [0.3, 0.4) is 0 Å². The van der Waals surface area contributed by atoms with Crippen molar-refractivity contribution in [1.82, 2.24) is 0 Å². The van der Waals surface area contributed by atoms with Gasteiger partial charge in [0.1, 0.15) is 13.2 Å². The lowest BCUT2D eigenvalue weighted by atomic mass is 10.2. The lowest BCUT2D eigenvalue weighted by molar-refractivity contribution is 0.203. The molecule has 23 heavy (non-hydrogen) atoms. The summed E-state index contributed by atoms with van der Waals surface area (Å²) in [5.41, 5.74) is 0.903. The van der Waals surface area contributed by atoms with Crippen LogP contribution in [0.15, 0.2) is 47.6 Å². The Morgan fingerprint density at radius 1 is 1.09 bits per heavy atom. The van der Waals surface area contributed by atoms with Gasteiger partial charge < -0.3 is 19.3 Å². The Bertz CT molecular complexity index is 705. The SMILES string of the molecule is COC(=C=O)/C(OC)=C(/O)C#CCOCC#Cc1ccccc1. The third kappa shape index (κ3) is 6.46. The Hall–Kier alpha value is -3.11. The van der Waals surface area contributed by atoms with Crippen molar-refractivity contribution in [2.24, 2.45) is 0 Å². The molecule has 5 heteroatoms. The van der Waals surface area contributed by atoms with Crippen LogP contribution in [-0.4, -0.2) is 38.5 Å². The van der Waals surface area contributed by atoms with E-state index in [2.05, 4.69) is 23.7 Å². The van der Waals surface area contributed by atoms with Gasteiger partial charge in [0.15, 0.2) is 5.94 Å². The third-order valence-corrected chi connectivity index (χ3v) is 2.48. The van der Waals surface area contributed by atoms with E-state index >= 15 is 0 Å². The summed E-state index contributed by atoms with van der Waals surface area (Å²) in [6.07, 6.45) is 0. The number of allylic oxidation sites excluding steroid dienone is 1. The van der Waals surface area contributed by atoms with E-state index in [1.807, 2.05) is 30.3 Å². The van der Waals surface area contributed by atoms with Crippen molar-refractivity contribution in [3.8, 4) is 23.7 Å². The Balaban J connectivity index is 2.52. The molecule has 0 aromatic heterocycles. The molecule has 0 saturated heterocycles. The zero-order valence-corrected chi connectivity index (χ0v) is 12.9. The molecule has 1 aromatic carbocycles. The van der Waals surface area contributed by atoms with Crippen molar-refractivity contribution >= 4 is 5.94 Å². The number of aliphatic hydroxyl groups excluding tert-OH is 1. The topological polar surface area (TPSA) is 65.0 Å². The molecule has 0 spiro atoms. The highest BCUT2D eigenvalue weighted by Crippen LogP contribution is 2.11. The van der Waals surface area contributed by atoms with Gasteiger partial charge in [-0.3, -0.25) is 0 Å². The predicted molar refractivity (Wildman–Crippen MR) is 84.8 cm³/mol. The van der Waals surface area contributed by atoms with Crippen LogP contribution < -0.4 is 0 Å². The minimum Gasteiger partial charge on any atom is -0.498 e. The average Bonchev–Trinajstić information content (AvgIpc) is 2.59. The molecule has 0 heterocycles. The van der Waals surface area contributed by atoms with Crippen molar-refractivity contribution in [3.63, 3.8) is 0 Å². The number of rotatable bonds is 5. The minimum absolute atomic E-state index is 0.0671. The first kappa shape index (κ1) is 17.9. The second-order valence-corrected chi connectivity index (χ2v) is 3.98. The summed E-state index contributed by atoms with van der Waals surface area (Å²) in [5, 5.41) is 9.71. The maximum Gasteiger partial charge on any atom is 0.251 e. The highest BCUT2D eigenvalue weighted by Gasteiger charge is 2.12. The van der Waals surface area contributed by atoms with Crippen LogP contribution in [0.4, 0.5) is 0 Å². The Morgan fingerprint density at radius 2 is 1.78 bits per heavy atom. The smallest absolute Gasteiger partial charge is 0.251 e. The molecule has 0 fully saturated rings. The van der Waals surface area contributed by atoms with E-state index in [-0.39, 0.29) is 24.7 Å². The third-order valence-electron chi connectivity index (χ3n) is 2.48. The summed E-state index contributed by atoms with van der Waals surface area (Å²) in [5.74, 6) is 11.4. The fraction of sp³-hybridized carbons (Fsp3) is 0.222. The van der Waals surface area contributed by atoms with Crippen molar-refractivity contribution < 1.29 is 24.1 Å². The van der Waals surface area contributed by atoms with E-state index in [0.29, 0.717) is 0 Å². The number of methoxy groups -OCH3 is 2. The van der Waals surface area contributed by atoms with E-state index in [9.17, 15) is 9.90 Å². The van der Waals surface area contributed by atoms with E-state index in [4.69, 9.17) is 14.2 Å². The molecule has 0 atom stereocenters. The fourth-order valence-corrected chi connectivity index (χ4v) is 1.47. The van der Waals surface area contributed by atoms with Gasteiger partial charge in [0.05, 0.1) is 14.2 Å². The average molecular weight is 312 g/mol. The molecular weight excluding hydrogens is 296 g/mol. The number of hydrogen-bond acceptors (Lipinski definition) is 5. The van der Waals surface area contributed by atoms with Gasteiger partial charge in [0, 0.05) is 5.56 Å². The number of aliphatic hydroxyl groups is 1. The molecule has 5 nitrogen and oxygen atoms in total. The van der Waals surface area contributed by atoms with Gasteiger partial charge in [0.2, 0.25) is 11.5 Å². The maximum atomic E-state index is 10.6. The summed E-state index contributed by atoms with van der Waals surface area (Å²) in [6.45, 7) is 0.278. The lowest BCUT2D eigenvalue weighted by Gasteiger charge is -2.05. The van der Waals surface area contributed by atoms with Gasteiger partial charge in [0.25, 0.3) is 5.76 Å². The normalized spacial score (nSPS) is 10.0. The molecule has 1 aromatic rings. The van der Waals surface area contributed by atoms with Crippen molar-refractivity contribution in [3.05, 3.63) is 53.2 Å². The summed E-state index contributed by atoms with van der Waals surface area (Å²) in [6, 6.07) is 9.52. The van der Waals surface area contributed by atoms with E-state index in [1.54, 1.807) is 0 Å². The molecule has 118 valence electrons. The molecule has 0 amide bonds. The maximum absolute atomic E-state index is 10.6. The molecule has 0 aliphatic heterocycles. The van der Waals surface area contributed by atoms with Crippen LogP contribution in [0.25, 0.3) is 0 Å². The zero-order valence-electron chi connectivity index (χ0n) is 12.9. The van der Waals surface area contributed by atoms with Crippen LogP contribution in [-0.2, 0) is 19.0 Å². The molecule has 1 rings (SSSR count). The van der Waals surface area contributed by atoms with Gasteiger partial charge in [-0.1, -0.05) is 36.0 Å². The van der Waals surface area contributed by atoms with E-state index < -0.39 is 5.76 Å². The minimum atomic E-state index is -0.438. The highest BCUT2D eigenvalue weighted by atomic mass is 16.5. The van der Waals surface area contributed by atoms with Crippen LogP contribution in [0.2, 0.25) is 0 Å². The lowest BCUT2D eigenvalue weighted by Crippen LogP contribution is -2.00. The summed E-state index contributed by atoms with van der Waals surface area (Å²) in [7, 11) is 2.54. The van der Waals surface area contributed by atoms with Crippen molar-refractivity contribution in [2.45, 2.75) is 0 Å². The molecule has 1 N–H and O–H groups in total. The first-order valence-corrected chi connectivity index (χ1v) is 6.60. The Labute approximate surface area is 135 Å². The van der Waals surface area contributed by atoms with E-state index in [1.165, 1.54) is 20.2 Å². The number of carbonyl (C=O) groups excluding carboxylic acids is 1. The van der Waals surface area contributed by atoms with Gasteiger partial charge in [-0.15, -0.1) is 0 Å².